The zero-order chi connectivity index (χ0) is 26.5. The van der Waals surface area contributed by atoms with E-state index in [1.54, 1.807) is 20.2 Å². The van der Waals surface area contributed by atoms with E-state index in [9.17, 15) is 34.8 Å². The van der Waals surface area contributed by atoms with Crippen LogP contribution in [0, 0.1) is 23.7 Å². The molecule has 1 aromatic carbocycles. The van der Waals surface area contributed by atoms with E-state index in [0.29, 0.717) is 17.5 Å². The fourth-order valence-electron chi connectivity index (χ4n) is 5.79. The number of aliphatic hydroxyl groups excluding tert-OH is 2. The van der Waals surface area contributed by atoms with Crippen LogP contribution in [0.3, 0.4) is 0 Å². The highest BCUT2D eigenvalue weighted by Crippen LogP contribution is 2.52. The standard InChI is InChI=1S/C27H30N2O7/c1-4-5-6-7-8-13-9-10-17(30)19-15(13)11-14-12-16-21(29(2)3)23(32)20(26(28)35)25(34)27(16,36)24(33)18(14)22(19)31/h9-10,14,16,21,30,32-33,36H,4-6,11-12H2,1-3H3,(H2,28,35)/t14-,16-,21-,27-/m0/s1. The number of hydrogen-bond acceptors (Lipinski definition) is 8. The van der Waals surface area contributed by atoms with Crippen LogP contribution in [0.15, 0.2) is 34.8 Å². The van der Waals surface area contributed by atoms with Gasteiger partial charge in [-0.15, -0.1) is 0 Å². The summed E-state index contributed by atoms with van der Waals surface area (Å²) < 4.78 is 0. The molecule has 0 saturated heterocycles. The normalized spacial score (nSPS) is 27.3. The summed E-state index contributed by atoms with van der Waals surface area (Å²) in [5.41, 5.74) is 2.79. The van der Waals surface area contributed by atoms with Gasteiger partial charge < -0.3 is 26.2 Å². The Kier molecular flexibility index (Phi) is 6.45. The fraction of sp³-hybridized carbons (Fsp3) is 0.444. The number of aliphatic hydroxyl groups is 3. The maximum Gasteiger partial charge on any atom is 0.255 e. The molecule has 0 aromatic heterocycles. The van der Waals surface area contributed by atoms with Gasteiger partial charge in [0.25, 0.3) is 5.91 Å². The lowest BCUT2D eigenvalue weighted by atomic mass is 9.58. The number of likely N-dealkylation sites (N-methyl/N-ethyl adjacent to an activating group) is 1. The van der Waals surface area contributed by atoms with E-state index in [-0.39, 0.29) is 29.7 Å². The number of rotatable bonds is 4. The SMILES string of the molecule is CCCCC#Cc1ccc(O)c2c1C[C@H]1C[C@H]3[C@H](N(C)C)C(O)=C(C(N)=O)C(=O)[C@@]3(O)C(O)=C1C2=O. The Morgan fingerprint density at radius 1 is 1.22 bits per heavy atom. The van der Waals surface area contributed by atoms with Crippen LogP contribution in [0.2, 0.25) is 0 Å². The number of benzene rings is 1. The molecule has 4 rings (SSSR count). The summed E-state index contributed by atoms with van der Waals surface area (Å²) in [4.78, 5) is 40.4. The third-order valence-electron chi connectivity index (χ3n) is 7.48. The molecule has 4 atom stereocenters. The molecule has 9 heteroatoms. The molecule has 36 heavy (non-hydrogen) atoms. The van der Waals surface area contributed by atoms with Gasteiger partial charge in [-0.3, -0.25) is 19.3 Å². The first kappa shape index (κ1) is 25.5. The van der Waals surface area contributed by atoms with Gasteiger partial charge in [-0.05, 0) is 57.0 Å². The Labute approximate surface area is 208 Å². The zero-order valence-corrected chi connectivity index (χ0v) is 20.5. The molecule has 1 aromatic rings. The monoisotopic (exact) mass is 494 g/mol. The van der Waals surface area contributed by atoms with E-state index in [4.69, 9.17) is 5.73 Å². The van der Waals surface area contributed by atoms with Crippen molar-refractivity contribution in [3.8, 4) is 17.6 Å². The van der Waals surface area contributed by atoms with Crippen molar-refractivity contribution >= 4 is 17.5 Å². The van der Waals surface area contributed by atoms with Crippen LogP contribution < -0.4 is 5.73 Å². The number of nitrogens with zero attached hydrogens (tertiary/aromatic N) is 1. The molecule has 6 N–H and O–H groups in total. The number of aromatic hydroxyl groups is 1. The number of Topliss-reactive ketones (excluding diaryl/α,β-unsaturated/α-hetero) is 2. The number of carbonyl (C=O) groups is 3. The lowest BCUT2D eigenvalue weighted by Gasteiger charge is -2.50. The molecule has 1 amide bonds. The van der Waals surface area contributed by atoms with Crippen molar-refractivity contribution in [1.82, 2.24) is 4.90 Å². The van der Waals surface area contributed by atoms with Gasteiger partial charge in [0.1, 0.15) is 22.8 Å². The average Bonchev–Trinajstić information content (AvgIpc) is 2.80. The van der Waals surface area contributed by atoms with Gasteiger partial charge in [-0.1, -0.05) is 25.2 Å². The van der Waals surface area contributed by atoms with Gasteiger partial charge in [-0.25, -0.2) is 0 Å². The first-order chi connectivity index (χ1) is 17.0. The van der Waals surface area contributed by atoms with Crippen molar-refractivity contribution in [1.29, 1.82) is 0 Å². The fourth-order valence-corrected chi connectivity index (χ4v) is 5.79. The van der Waals surface area contributed by atoms with E-state index in [1.165, 1.54) is 11.0 Å². The minimum Gasteiger partial charge on any atom is -0.510 e. The number of phenolic OH excluding ortho intramolecular Hbond substituents is 1. The van der Waals surface area contributed by atoms with Crippen LogP contribution in [-0.4, -0.2) is 68.5 Å². The summed E-state index contributed by atoms with van der Waals surface area (Å²) in [5.74, 6) is -0.474. The van der Waals surface area contributed by atoms with Crippen LogP contribution in [0.5, 0.6) is 5.75 Å². The van der Waals surface area contributed by atoms with Gasteiger partial charge in [-0.2, -0.15) is 0 Å². The summed E-state index contributed by atoms with van der Waals surface area (Å²) in [6, 6.07) is 1.99. The second-order valence-electron chi connectivity index (χ2n) is 9.85. The van der Waals surface area contributed by atoms with Crippen molar-refractivity contribution in [3.05, 3.63) is 51.5 Å². The van der Waals surface area contributed by atoms with Crippen molar-refractivity contribution < 1.29 is 34.8 Å². The Balaban J connectivity index is 1.90. The molecule has 3 aliphatic carbocycles. The molecular weight excluding hydrogens is 464 g/mol. The van der Waals surface area contributed by atoms with E-state index in [0.717, 1.165) is 12.8 Å². The van der Waals surface area contributed by atoms with Crippen LogP contribution in [0.25, 0.3) is 0 Å². The maximum atomic E-state index is 13.6. The summed E-state index contributed by atoms with van der Waals surface area (Å²) in [6.45, 7) is 2.06. The van der Waals surface area contributed by atoms with Crippen molar-refractivity contribution in [2.75, 3.05) is 14.1 Å². The quantitative estimate of drug-likeness (QED) is 0.240. The number of carbonyl (C=O) groups excluding carboxylic acids is 3. The van der Waals surface area contributed by atoms with Gasteiger partial charge in [0, 0.05) is 23.5 Å². The first-order valence-electron chi connectivity index (χ1n) is 11.9. The summed E-state index contributed by atoms with van der Waals surface area (Å²) in [5, 5.41) is 44.2. The number of ketones is 2. The predicted octanol–water partition coefficient (Wildman–Crippen LogP) is 1.66. The number of phenols is 1. The van der Waals surface area contributed by atoms with Gasteiger partial charge in [0.2, 0.25) is 5.78 Å². The van der Waals surface area contributed by atoms with Gasteiger partial charge in [0.05, 0.1) is 11.6 Å². The molecular formula is C27H30N2O7. The number of amides is 1. The second kappa shape index (κ2) is 9.12. The Hall–Kier alpha value is -3.61. The first-order valence-corrected chi connectivity index (χ1v) is 11.9. The molecule has 0 fully saturated rings. The third kappa shape index (κ3) is 3.60. The minimum atomic E-state index is -2.64. The number of hydrogen-bond donors (Lipinski definition) is 5. The number of unbranched alkanes of at least 4 members (excludes halogenated alkanes) is 2. The highest BCUT2D eigenvalue weighted by Gasteiger charge is 2.63. The lowest BCUT2D eigenvalue weighted by molar-refractivity contribution is -0.148. The van der Waals surface area contributed by atoms with Crippen molar-refractivity contribution in [2.24, 2.45) is 17.6 Å². The smallest absolute Gasteiger partial charge is 0.255 e. The summed E-state index contributed by atoms with van der Waals surface area (Å²) in [6.07, 6.45) is 2.88. The molecule has 9 nitrogen and oxygen atoms in total. The molecule has 0 radical (unpaired) electrons. The molecule has 0 spiro atoms. The second-order valence-corrected chi connectivity index (χ2v) is 9.85. The van der Waals surface area contributed by atoms with Crippen LogP contribution in [0.1, 0.15) is 54.1 Å². The summed E-state index contributed by atoms with van der Waals surface area (Å²) in [7, 11) is 3.19. The maximum absolute atomic E-state index is 13.6. The van der Waals surface area contributed by atoms with Crippen LogP contribution in [0.4, 0.5) is 0 Å². The van der Waals surface area contributed by atoms with Crippen molar-refractivity contribution in [3.63, 3.8) is 0 Å². The number of fused-ring (bicyclic) bond motifs is 3. The molecule has 3 aliphatic rings. The zero-order valence-electron chi connectivity index (χ0n) is 20.5. The van der Waals surface area contributed by atoms with E-state index >= 15 is 0 Å². The lowest BCUT2D eigenvalue weighted by Crippen LogP contribution is -2.63. The Bertz CT molecular complexity index is 1300. The number of allylic oxidation sites excluding steroid dienone is 1. The predicted molar refractivity (Wildman–Crippen MR) is 130 cm³/mol. The molecule has 0 saturated carbocycles. The Morgan fingerprint density at radius 3 is 2.53 bits per heavy atom. The molecule has 190 valence electrons. The largest absolute Gasteiger partial charge is 0.510 e. The van der Waals surface area contributed by atoms with E-state index in [1.807, 2.05) is 0 Å². The van der Waals surface area contributed by atoms with E-state index in [2.05, 4.69) is 18.8 Å². The highest BCUT2D eigenvalue weighted by molar-refractivity contribution is 6.24. The summed E-state index contributed by atoms with van der Waals surface area (Å²) >= 11 is 0. The highest BCUT2D eigenvalue weighted by atomic mass is 16.3. The minimum absolute atomic E-state index is 0.0296. The third-order valence-corrected chi connectivity index (χ3v) is 7.48. The van der Waals surface area contributed by atoms with E-state index < -0.39 is 58.0 Å². The number of primary amides is 1. The number of nitrogens with two attached hydrogens (primary N) is 1. The van der Waals surface area contributed by atoms with Gasteiger partial charge >= 0.3 is 0 Å². The molecule has 0 unspecified atom stereocenters. The van der Waals surface area contributed by atoms with Crippen molar-refractivity contribution in [2.45, 2.75) is 50.7 Å². The van der Waals surface area contributed by atoms with Crippen LogP contribution >= 0.6 is 0 Å². The molecule has 0 bridgehead atoms. The molecule has 0 heterocycles. The topological polar surface area (TPSA) is 161 Å². The average molecular weight is 495 g/mol. The Morgan fingerprint density at radius 2 is 1.92 bits per heavy atom. The molecule has 0 aliphatic heterocycles. The van der Waals surface area contributed by atoms with Crippen LogP contribution in [-0.2, 0) is 16.0 Å². The van der Waals surface area contributed by atoms with Gasteiger partial charge in [0.15, 0.2) is 11.4 Å².